The highest BCUT2D eigenvalue weighted by atomic mass is 19.1. The average molecular weight is 425 g/mol. The van der Waals surface area contributed by atoms with Gasteiger partial charge >= 0.3 is 0 Å². The van der Waals surface area contributed by atoms with E-state index in [0.29, 0.717) is 19.0 Å². The van der Waals surface area contributed by atoms with Crippen molar-refractivity contribution in [1.82, 2.24) is 19.8 Å². The SMILES string of the molecule is C=CC(=O)N1CCCC(Nc2nc(Nc3ccc4c(c3)CCCN(C)C4)ncc2F)C1. The largest absolute Gasteiger partial charge is 0.363 e. The number of likely N-dealkylation sites (tertiary alicyclic amines) is 1. The summed E-state index contributed by atoms with van der Waals surface area (Å²) in [6, 6.07) is 6.21. The molecule has 1 aromatic heterocycles. The van der Waals surface area contributed by atoms with E-state index < -0.39 is 5.82 Å². The predicted molar refractivity (Wildman–Crippen MR) is 120 cm³/mol. The molecule has 0 radical (unpaired) electrons. The Morgan fingerprint density at radius 2 is 2.16 bits per heavy atom. The van der Waals surface area contributed by atoms with Gasteiger partial charge in [0, 0.05) is 31.4 Å². The molecule has 1 saturated heterocycles. The molecule has 2 aromatic rings. The zero-order chi connectivity index (χ0) is 21.8. The van der Waals surface area contributed by atoms with Gasteiger partial charge in [0.25, 0.3) is 0 Å². The highest BCUT2D eigenvalue weighted by Gasteiger charge is 2.23. The molecule has 8 heteroatoms. The number of fused-ring (bicyclic) bond motifs is 1. The molecule has 1 unspecified atom stereocenters. The third kappa shape index (κ3) is 5.19. The van der Waals surface area contributed by atoms with E-state index in [2.05, 4.69) is 51.3 Å². The van der Waals surface area contributed by atoms with Crippen molar-refractivity contribution >= 4 is 23.4 Å². The van der Waals surface area contributed by atoms with Crippen LogP contribution in [0.3, 0.4) is 0 Å². The molecule has 0 spiro atoms. The van der Waals surface area contributed by atoms with Crippen LogP contribution in [0.4, 0.5) is 21.8 Å². The molecule has 4 rings (SSSR count). The number of hydrogen-bond donors (Lipinski definition) is 2. The van der Waals surface area contributed by atoms with Crippen LogP contribution in [-0.2, 0) is 17.8 Å². The van der Waals surface area contributed by atoms with Crippen LogP contribution in [0.5, 0.6) is 0 Å². The Bertz CT molecular complexity index is 965. The van der Waals surface area contributed by atoms with Crippen LogP contribution in [0.1, 0.15) is 30.4 Å². The van der Waals surface area contributed by atoms with Crippen molar-refractivity contribution in [3.8, 4) is 0 Å². The van der Waals surface area contributed by atoms with Gasteiger partial charge in [0.2, 0.25) is 11.9 Å². The summed E-state index contributed by atoms with van der Waals surface area (Å²) in [5.41, 5.74) is 3.55. The minimum Gasteiger partial charge on any atom is -0.363 e. The van der Waals surface area contributed by atoms with Crippen LogP contribution in [0, 0.1) is 5.82 Å². The molecule has 31 heavy (non-hydrogen) atoms. The van der Waals surface area contributed by atoms with Gasteiger partial charge in [-0.3, -0.25) is 4.79 Å². The zero-order valence-electron chi connectivity index (χ0n) is 17.9. The molecular weight excluding hydrogens is 395 g/mol. The van der Waals surface area contributed by atoms with Gasteiger partial charge in [0.1, 0.15) is 0 Å². The van der Waals surface area contributed by atoms with Gasteiger partial charge < -0.3 is 20.4 Å². The van der Waals surface area contributed by atoms with Crippen LogP contribution in [0.2, 0.25) is 0 Å². The molecule has 0 bridgehead atoms. The molecule has 164 valence electrons. The number of benzene rings is 1. The zero-order valence-corrected chi connectivity index (χ0v) is 17.9. The summed E-state index contributed by atoms with van der Waals surface area (Å²) in [6.07, 6.45) is 6.33. The molecular formula is C23H29FN6O. The Kier molecular flexibility index (Phi) is 6.46. The van der Waals surface area contributed by atoms with Crippen LogP contribution in [-0.4, -0.2) is 58.4 Å². The van der Waals surface area contributed by atoms with E-state index in [1.54, 1.807) is 4.90 Å². The Morgan fingerprint density at radius 1 is 1.29 bits per heavy atom. The summed E-state index contributed by atoms with van der Waals surface area (Å²) < 4.78 is 14.4. The van der Waals surface area contributed by atoms with E-state index in [4.69, 9.17) is 0 Å². The molecule has 3 heterocycles. The smallest absolute Gasteiger partial charge is 0.246 e. The second-order valence-corrected chi connectivity index (χ2v) is 8.31. The Hall–Kier alpha value is -3.00. The fraction of sp³-hybridized carbons (Fsp3) is 0.435. The maximum Gasteiger partial charge on any atom is 0.246 e. The van der Waals surface area contributed by atoms with Crippen molar-refractivity contribution in [3.05, 3.63) is 54.0 Å². The van der Waals surface area contributed by atoms with Gasteiger partial charge in [-0.2, -0.15) is 4.98 Å². The van der Waals surface area contributed by atoms with Gasteiger partial charge in [-0.25, -0.2) is 9.37 Å². The van der Waals surface area contributed by atoms with Crippen LogP contribution < -0.4 is 10.6 Å². The average Bonchev–Trinajstić information content (AvgIpc) is 2.96. The number of hydrogen-bond acceptors (Lipinski definition) is 6. The van der Waals surface area contributed by atoms with Gasteiger partial charge in [-0.15, -0.1) is 0 Å². The monoisotopic (exact) mass is 424 g/mol. The molecule has 0 saturated carbocycles. The first-order chi connectivity index (χ1) is 15.0. The first-order valence-electron chi connectivity index (χ1n) is 10.8. The maximum atomic E-state index is 14.4. The Labute approximate surface area is 182 Å². The first kappa shape index (κ1) is 21.2. The van der Waals surface area contributed by atoms with E-state index in [0.717, 1.165) is 44.5 Å². The second kappa shape index (κ2) is 9.43. The second-order valence-electron chi connectivity index (χ2n) is 8.31. The standard InChI is InChI=1S/C23H29FN6O/c1-3-21(31)30-11-5-7-19(15-30)26-22-20(24)13-25-23(28-22)27-18-9-8-17-14-29(2)10-4-6-16(17)12-18/h3,8-9,12-13,19H,1,4-7,10-11,14-15H2,2H3,(H2,25,26,27,28). The molecule has 1 fully saturated rings. The quantitative estimate of drug-likeness (QED) is 0.718. The number of nitrogens with zero attached hydrogens (tertiary/aromatic N) is 4. The maximum absolute atomic E-state index is 14.4. The molecule has 2 aliphatic rings. The lowest BCUT2D eigenvalue weighted by Gasteiger charge is -2.32. The number of rotatable bonds is 5. The molecule has 1 aromatic carbocycles. The van der Waals surface area contributed by atoms with Crippen molar-refractivity contribution in [3.63, 3.8) is 0 Å². The number of aromatic nitrogens is 2. The summed E-state index contributed by atoms with van der Waals surface area (Å²) >= 11 is 0. The summed E-state index contributed by atoms with van der Waals surface area (Å²) in [7, 11) is 2.14. The van der Waals surface area contributed by atoms with Crippen LogP contribution in [0.25, 0.3) is 0 Å². The predicted octanol–water partition coefficient (Wildman–Crippen LogP) is 3.33. The highest BCUT2D eigenvalue weighted by molar-refractivity contribution is 5.87. The lowest BCUT2D eigenvalue weighted by atomic mass is 10.0. The lowest BCUT2D eigenvalue weighted by Crippen LogP contribution is -2.44. The van der Waals surface area contributed by atoms with E-state index in [1.165, 1.54) is 23.4 Å². The number of amides is 1. The number of carbonyl (C=O) groups excluding carboxylic acids is 1. The minimum absolute atomic E-state index is 0.0700. The first-order valence-corrected chi connectivity index (χ1v) is 10.8. The Balaban J connectivity index is 1.46. The summed E-state index contributed by atoms with van der Waals surface area (Å²) in [5, 5.41) is 6.35. The fourth-order valence-electron chi connectivity index (χ4n) is 4.28. The molecule has 0 aliphatic carbocycles. The lowest BCUT2D eigenvalue weighted by molar-refractivity contribution is -0.127. The molecule has 1 amide bonds. The highest BCUT2D eigenvalue weighted by Crippen LogP contribution is 2.24. The Morgan fingerprint density at radius 3 is 3.00 bits per heavy atom. The number of anilines is 3. The van der Waals surface area contributed by atoms with E-state index in [-0.39, 0.29) is 17.8 Å². The third-order valence-electron chi connectivity index (χ3n) is 5.88. The molecule has 2 N–H and O–H groups in total. The summed E-state index contributed by atoms with van der Waals surface area (Å²) in [5.74, 6) is -0.134. The van der Waals surface area contributed by atoms with Crippen molar-refractivity contribution < 1.29 is 9.18 Å². The topological polar surface area (TPSA) is 73.4 Å². The van der Waals surface area contributed by atoms with Gasteiger partial charge in [-0.05, 0) is 68.6 Å². The minimum atomic E-state index is -0.511. The molecule has 2 aliphatic heterocycles. The van der Waals surface area contributed by atoms with Gasteiger partial charge in [-0.1, -0.05) is 12.6 Å². The fourth-order valence-corrected chi connectivity index (χ4v) is 4.28. The van der Waals surface area contributed by atoms with Crippen molar-refractivity contribution in [2.24, 2.45) is 0 Å². The van der Waals surface area contributed by atoms with E-state index in [1.807, 2.05) is 6.07 Å². The van der Waals surface area contributed by atoms with Gasteiger partial charge in [0.15, 0.2) is 11.6 Å². The molecule has 1 atom stereocenters. The molecule has 7 nitrogen and oxygen atoms in total. The van der Waals surface area contributed by atoms with Crippen LogP contribution >= 0.6 is 0 Å². The van der Waals surface area contributed by atoms with Crippen LogP contribution in [0.15, 0.2) is 37.1 Å². The van der Waals surface area contributed by atoms with Crippen molar-refractivity contribution in [1.29, 1.82) is 0 Å². The van der Waals surface area contributed by atoms with E-state index in [9.17, 15) is 9.18 Å². The third-order valence-corrected chi connectivity index (χ3v) is 5.88. The van der Waals surface area contributed by atoms with Crippen molar-refractivity contribution in [2.75, 3.05) is 37.3 Å². The number of carbonyl (C=O) groups is 1. The number of halogens is 1. The van der Waals surface area contributed by atoms with E-state index >= 15 is 0 Å². The number of nitrogens with one attached hydrogen (secondary N) is 2. The summed E-state index contributed by atoms with van der Waals surface area (Å²) in [4.78, 5) is 24.4. The number of piperidine rings is 1. The summed E-state index contributed by atoms with van der Waals surface area (Å²) in [6.45, 7) is 6.77. The van der Waals surface area contributed by atoms with Gasteiger partial charge in [0.05, 0.1) is 6.20 Å². The van der Waals surface area contributed by atoms with Crippen molar-refractivity contribution in [2.45, 2.75) is 38.3 Å². The normalized spacial score (nSPS) is 19.3. The number of aryl methyl sites for hydroxylation is 1.